The third kappa shape index (κ3) is 6.42. The number of carbonyl (C=O) groups excluding carboxylic acids is 1. The van der Waals surface area contributed by atoms with E-state index in [4.69, 9.17) is 5.73 Å². The molecule has 1 amide bonds. The highest BCUT2D eigenvalue weighted by Crippen LogP contribution is 2.38. The Balaban J connectivity index is 0.00000441. The lowest BCUT2D eigenvalue weighted by Crippen LogP contribution is -2.46. The Morgan fingerprint density at radius 2 is 1.82 bits per heavy atom. The third-order valence-corrected chi connectivity index (χ3v) is 5.70. The quantitative estimate of drug-likeness (QED) is 0.758. The normalized spacial score (nSPS) is 19.1. The molecule has 132 valence electrons. The van der Waals surface area contributed by atoms with Crippen molar-refractivity contribution in [3.8, 4) is 0 Å². The summed E-state index contributed by atoms with van der Waals surface area (Å²) >= 11 is 0. The van der Waals surface area contributed by atoms with Crippen LogP contribution in [-0.4, -0.2) is 50.4 Å². The van der Waals surface area contributed by atoms with E-state index in [2.05, 4.69) is 0 Å². The number of halogens is 1. The van der Waals surface area contributed by atoms with Crippen molar-refractivity contribution in [1.82, 2.24) is 4.90 Å². The number of nitrogens with zero attached hydrogens (tertiary/aromatic N) is 1. The van der Waals surface area contributed by atoms with Crippen LogP contribution in [0.4, 0.5) is 0 Å². The van der Waals surface area contributed by atoms with E-state index in [0.717, 1.165) is 25.7 Å². The highest BCUT2D eigenvalue weighted by atomic mass is 35.5. The van der Waals surface area contributed by atoms with Crippen molar-refractivity contribution in [3.63, 3.8) is 0 Å². The van der Waals surface area contributed by atoms with Crippen LogP contribution < -0.4 is 5.73 Å². The Hall–Kier alpha value is -0.330. The Kier molecular flexibility index (Phi) is 8.95. The van der Waals surface area contributed by atoms with Crippen molar-refractivity contribution in [1.29, 1.82) is 0 Å². The molecule has 0 aromatic heterocycles. The van der Waals surface area contributed by atoms with Crippen molar-refractivity contribution >= 4 is 28.2 Å². The van der Waals surface area contributed by atoms with E-state index < -0.39 is 9.84 Å². The van der Waals surface area contributed by atoms with E-state index in [1.54, 1.807) is 11.8 Å². The van der Waals surface area contributed by atoms with Crippen LogP contribution in [0.3, 0.4) is 0 Å². The topological polar surface area (TPSA) is 80.5 Å². The fourth-order valence-electron chi connectivity index (χ4n) is 3.44. The minimum atomic E-state index is -3.08. The van der Waals surface area contributed by atoms with E-state index in [9.17, 15) is 13.2 Å². The van der Waals surface area contributed by atoms with Crippen LogP contribution in [0.25, 0.3) is 0 Å². The van der Waals surface area contributed by atoms with E-state index in [1.807, 2.05) is 6.92 Å². The Morgan fingerprint density at radius 1 is 1.27 bits per heavy atom. The van der Waals surface area contributed by atoms with E-state index in [0.29, 0.717) is 19.5 Å². The zero-order chi connectivity index (χ0) is 16.1. The molecule has 0 heterocycles. The molecule has 22 heavy (non-hydrogen) atoms. The van der Waals surface area contributed by atoms with Crippen molar-refractivity contribution in [2.75, 3.05) is 25.1 Å². The van der Waals surface area contributed by atoms with Gasteiger partial charge in [-0.25, -0.2) is 8.42 Å². The van der Waals surface area contributed by atoms with Crippen molar-refractivity contribution in [2.45, 2.75) is 58.4 Å². The summed E-state index contributed by atoms with van der Waals surface area (Å²) in [7, 11) is -3.08. The second-order valence-electron chi connectivity index (χ2n) is 6.56. The molecule has 0 spiro atoms. The first-order chi connectivity index (χ1) is 9.73. The molecule has 1 unspecified atom stereocenters. The van der Waals surface area contributed by atoms with Gasteiger partial charge in [0, 0.05) is 25.3 Å². The number of amides is 1. The Labute approximate surface area is 141 Å². The SMILES string of the molecule is CCN(C(=O)CC1(CN)CCCCC1)C(C)CS(C)(=O)=O.Cl. The van der Waals surface area contributed by atoms with E-state index in [-0.39, 0.29) is 35.5 Å². The molecule has 0 aromatic carbocycles. The van der Waals surface area contributed by atoms with Gasteiger partial charge in [0.2, 0.25) is 5.91 Å². The maximum absolute atomic E-state index is 12.6. The van der Waals surface area contributed by atoms with E-state index in [1.165, 1.54) is 12.7 Å². The minimum absolute atomic E-state index is 0. The molecule has 1 rings (SSSR count). The largest absolute Gasteiger partial charge is 0.339 e. The first kappa shape index (κ1) is 21.7. The lowest BCUT2D eigenvalue weighted by Gasteiger charge is -2.38. The third-order valence-electron chi connectivity index (χ3n) is 4.61. The standard InChI is InChI=1S/C15H30N2O3S.ClH/c1-4-17(13(2)11-21(3,19)20)14(18)10-15(12-16)8-6-5-7-9-15;/h13H,4-12,16H2,1-3H3;1H. The maximum atomic E-state index is 12.6. The monoisotopic (exact) mass is 354 g/mol. The van der Waals surface area contributed by atoms with Gasteiger partial charge >= 0.3 is 0 Å². The lowest BCUT2D eigenvalue weighted by molar-refractivity contribution is -0.135. The summed E-state index contributed by atoms with van der Waals surface area (Å²) in [6.45, 7) is 4.78. The summed E-state index contributed by atoms with van der Waals surface area (Å²) in [4.78, 5) is 14.3. The number of nitrogens with two attached hydrogens (primary N) is 1. The second-order valence-corrected chi connectivity index (χ2v) is 8.75. The van der Waals surface area contributed by atoms with Crippen LogP contribution in [-0.2, 0) is 14.6 Å². The molecule has 0 saturated heterocycles. The number of sulfone groups is 1. The lowest BCUT2D eigenvalue weighted by atomic mass is 9.71. The Morgan fingerprint density at radius 3 is 2.23 bits per heavy atom. The number of hydrogen-bond acceptors (Lipinski definition) is 4. The molecule has 0 bridgehead atoms. The van der Waals surface area contributed by atoms with Crippen molar-refractivity contribution in [3.05, 3.63) is 0 Å². The molecule has 0 aliphatic heterocycles. The highest BCUT2D eigenvalue weighted by molar-refractivity contribution is 7.90. The fourth-order valence-corrected chi connectivity index (χ4v) is 4.50. The van der Waals surface area contributed by atoms with Crippen LogP contribution in [0, 0.1) is 5.41 Å². The molecule has 1 aliphatic rings. The van der Waals surface area contributed by atoms with Crippen LogP contribution in [0.5, 0.6) is 0 Å². The van der Waals surface area contributed by atoms with Gasteiger partial charge in [-0.3, -0.25) is 4.79 Å². The zero-order valence-corrected chi connectivity index (χ0v) is 15.6. The Bertz CT molecular complexity index is 448. The number of carbonyl (C=O) groups is 1. The van der Waals surface area contributed by atoms with Crippen LogP contribution in [0.15, 0.2) is 0 Å². The molecule has 2 N–H and O–H groups in total. The molecule has 0 radical (unpaired) electrons. The van der Waals surface area contributed by atoms with Crippen LogP contribution in [0.1, 0.15) is 52.4 Å². The number of rotatable bonds is 7. The fraction of sp³-hybridized carbons (Fsp3) is 0.933. The molecule has 5 nitrogen and oxygen atoms in total. The summed E-state index contributed by atoms with van der Waals surface area (Å²) < 4.78 is 22.9. The average molecular weight is 355 g/mol. The van der Waals surface area contributed by atoms with Crippen molar-refractivity contribution < 1.29 is 13.2 Å². The van der Waals surface area contributed by atoms with Crippen LogP contribution >= 0.6 is 12.4 Å². The smallest absolute Gasteiger partial charge is 0.223 e. The molecular weight excluding hydrogens is 324 g/mol. The second kappa shape index (κ2) is 9.08. The van der Waals surface area contributed by atoms with Gasteiger partial charge in [-0.2, -0.15) is 0 Å². The van der Waals surface area contributed by atoms with Gasteiger partial charge in [0.15, 0.2) is 0 Å². The zero-order valence-electron chi connectivity index (χ0n) is 14.0. The molecule has 1 aliphatic carbocycles. The van der Waals surface area contributed by atoms with Gasteiger partial charge in [0.25, 0.3) is 0 Å². The van der Waals surface area contributed by atoms with Gasteiger partial charge in [0.05, 0.1) is 5.75 Å². The number of hydrogen-bond donors (Lipinski definition) is 1. The van der Waals surface area contributed by atoms with Gasteiger partial charge in [0.1, 0.15) is 9.84 Å². The molecule has 1 atom stereocenters. The predicted octanol–water partition coefficient (Wildman–Crippen LogP) is 1.99. The molecular formula is C15H31ClN2O3S. The summed E-state index contributed by atoms with van der Waals surface area (Å²) in [5.41, 5.74) is 5.86. The summed E-state index contributed by atoms with van der Waals surface area (Å²) in [6, 6.07) is -0.282. The highest BCUT2D eigenvalue weighted by Gasteiger charge is 2.35. The summed E-state index contributed by atoms with van der Waals surface area (Å²) in [5, 5.41) is 0. The average Bonchev–Trinajstić information content (AvgIpc) is 2.38. The summed E-state index contributed by atoms with van der Waals surface area (Å²) in [5.74, 6) is 0.0587. The molecule has 0 aromatic rings. The summed E-state index contributed by atoms with van der Waals surface area (Å²) in [6.07, 6.45) is 7.17. The van der Waals surface area contributed by atoms with Crippen LogP contribution in [0.2, 0.25) is 0 Å². The van der Waals surface area contributed by atoms with Gasteiger partial charge in [-0.05, 0) is 38.6 Å². The van der Waals surface area contributed by atoms with Gasteiger partial charge < -0.3 is 10.6 Å². The first-order valence-electron chi connectivity index (χ1n) is 7.90. The molecule has 1 fully saturated rings. The minimum Gasteiger partial charge on any atom is -0.339 e. The first-order valence-corrected chi connectivity index (χ1v) is 9.96. The molecule has 1 saturated carbocycles. The van der Waals surface area contributed by atoms with E-state index >= 15 is 0 Å². The van der Waals surface area contributed by atoms with Crippen molar-refractivity contribution in [2.24, 2.45) is 11.1 Å². The predicted molar refractivity (Wildman–Crippen MR) is 93.0 cm³/mol. The van der Waals surface area contributed by atoms with Gasteiger partial charge in [-0.15, -0.1) is 12.4 Å². The van der Waals surface area contributed by atoms with Gasteiger partial charge in [-0.1, -0.05) is 19.3 Å². The molecule has 7 heteroatoms. The maximum Gasteiger partial charge on any atom is 0.223 e.